The lowest BCUT2D eigenvalue weighted by atomic mass is 10.2. The van der Waals surface area contributed by atoms with Crippen molar-refractivity contribution < 1.29 is 4.74 Å². The second-order valence-electron chi connectivity index (χ2n) is 3.87. The summed E-state index contributed by atoms with van der Waals surface area (Å²) in [7, 11) is 1.69. The molecule has 1 heterocycles. The maximum absolute atomic E-state index is 9.10. The topological polar surface area (TPSA) is 95.8 Å². The van der Waals surface area contributed by atoms with Crippen molar-refractivity contribution in [2.75, 3.05) is 24.3 Å². The molecule has 2 N–H and O–H groups in total. The zero-order valence-corrected chi connectivity index (χ0v) is 12.3. The van der Waals surface area contributed by atoms with Crippen LogP contribution in [0.25, 0.3) is 0 Å². The molecule has 0 aliphatic heterocycles. The van der Waals surface area contributed by atoms with Gasteiger partial charge in [0.25, 0.3) is 0 Å². The van der Waals surface area contributed by atoms with Gasteiger partial charge in [-0.1, -0.05) is 11.6 Å². The van der Waals surface area contributed by atoms with E-state index in [1.807, 2.05) is 6.92 Å². The van der Waals surface area contributed by atoms with Gasteiger partial charge in [0.2, 0.25) is 11.9 Å². The number of halogens is 1. The summed E-state index contributed by atoms with van der Waals surface area (Å²) in [5.41, 5.74) is 0.949. The Morgan fingerprint density at radius 2 is 2.05 bits per heavy atom. The molecule has 7 nitrogen and oxygen atoms in total. The number of nitriles is 1. The molecule has 0 fully saturated rings. The lowest BCUT2D eigenvalue weighted by molar-refractivity contribution is 0.312. The van der Waals surface area contributed by atoms with E-state index in [-0.39, 0.29) is 12.0 Å². The molecule has 1 aromatic carbocycles. The van der Waals surface area contributed by atoms with Gasteiger partial charge in [0, 0.05) is 12.1 Å². The van der Waals surface area contributed by atoms with E-state index in [0.717, 1.165) is 0 Å². The zero-order chi connectivity index (χ0) is 15.2. The molecule has 0 saturated heterocycles. The molecule has 108 valence electrons. The van der Waals surface area contributed by atoms with Gasteiger partial charge in [0.1, 0.15) is 6.07 Å². The first-order chi connectivity index (χ1) is 10.2. The van der Waals surface area contributed by atoms with E-state index < -0.39 is 0 Å². The summed E-state index contributed by atoms with van der Waals surface area (Å²) in [5, 5.41) is 15.4. The highest BCUT2D eigenvalue weighted by atomic mass is 35.5. The highest BCUT2D eigenvalue weighted by molar-refractivity contribution is 6.30. The quantitative estimate of drug-likeness (QED) is 0.876. The van der Waals surface area contributed by atoms with Gasteiger partial charge in [-0.05, 0) is 25.1 Å². The van der Waals surface area contributed by atoms with E-state index in [4.69, 9.17) is 21.6 Å². The fraction of sp³-hybridized carbons (Fsp3) is 0.231. The molecule has 0 atom stereocenters. The van der Waals surface area contributed by atoms with Crippen LogP contribution in [0.15, 0.2) is 18.2 Å². The molecule has 1 aromatic heterocycles. The Bertz CT molecular complexity index is 685. The highest BCUT2D eigenvalue weighted by Gasteiger charge is 2.09. The van der Waals surface area contributed by atoms with Crippen molar-refractivity contribution in [3.05, 3.63) is 28.8 Å². The van der Waals surface area contributed by atoms with Crippen LogP contribution in [-0.4, -0.2) is 28.6 Å². The third-order valence-corrected chi connectivity index (χ3v) is 2.70. The van der Waals surface area contributed by atoms with Gasteiger partial charge in [0.15, 0.2) is 0 Å². The van der Waals surface area contributed by atoms with Crippen LogP contribution < -0.4 is 15.4 Å². The van der Waals surface area contributed by atoms with Crippen molar-refractivity contribution in [1.82, 2.24) is 15.0 Å². The van der Waals surface area contributed by atoms with Crippen LogP contribution in [-0.2, 0) is 0 Å². The van der Waals surface area contributed by atoms with E-state index in [1.165, 1.54) is 0 Å². The number of hydrogen-bond acceptors (Lipinski definition) is 7. The van der Waals surface area contributed by atoms with Crippen molar-refractivity contribution in [2.45, 2.75) is 6.92 Å². The second kappa shape index (κ2) is 6.72. The molecule has 0 aliphatic rings. The minimum Gasteiger partial charge on any atom is -0.464 e. The number of rotatable bonds is 5. The molecule has 0 amide bonds. The molecule has 2 aromatic rings. The van der Waals surface area contributed by atoms with E-state index in [9.17, 15) is 0 Å². The van der Waals surface area contributed by atoms with Crippen LogP contribution in [0.2, 0.25) is 5.02 Å². The Kier molecular flexibility index (Phi) is 4.74. The van der Waals surface area contributed by atoms with Gasteiger partial charge in [0.05, 0.1) is 17.9 Å². The number of benzene rings is 1. The van der Waals surface area contributed by atoms with Crippen molar-refractivity contribution in [3.63, 3.8) is 0 Å². The maximum atomic E-state index is 9.10. The first-order valence-electron chi connectivity index (χ1n) is 6.19. The number of ether oxygens (including phenoxy) is 1. The Morgan fingerprint density at radius 1 is 1.29 bits per heavy atom. The maximum Gasteiger partial charge on any atom is 0.323 e. The van der Waals surface area contributed by atoms with Crippen LogP contribution in [0.3, 0.4) is 0 Å². The zero-order valence-electron chi connectivity index (χ0n) is 11.5. The van der Waals surface area contributed by atoms with E-state index in [0.29, 0.717) is 28.8 Å². The standard InChI is InChI=1S/C13H13ClN6O/c1-3-21-13-19-11(16-2)18-12(20-13)17-10-6-9(14)5-4-8(10)7-15/h4-6H,3H2,1-2H3,(H2,16,17,18,19,20). The lowest BCUT2D eigenvalue weighted by Gasteiger charge is -2.09. The number of aromatic nitrogens is 3. The average molecular weight is 305 g/mol. The number of anilines is 3. The van der Waals surface area contributed by atoms with Gasteiger partial charge < -0.3 is 15.4 Å². The molecule has 0 spiro atoms. The summed E-state index contributed by atoms with van der Waals surface area (Å²) in [5.74, 6) is 0.619. The Labute approximate surface area is 127 Å². The molecular formula is C13H13ClN6O. The summed E-state index contributed by atoms with van der Waals surface area (Å²) in [6.07, 6.45) is 0. The van der Waals surface area contributed by atoms with Crippen LogP contribution in [0, 0.1) is 11.3 Å². The summed E-state index contributed by atoms with van der Waals surface area (Å²) in [6, 6.07) is 7.16. The molecular weight excluding hydrogens is 292 g/mol. The van der Waals surface area contributed by atoms with Gasteiger partial charge in [-0.15, -0.1) is 0 Å². The van der Waals surface area contributed by atoms with Gasteiger partial charge in [-0.25, -0.2) is 0 Å². The minimum absolute atomic E-state index is 0.194. The fourth-order valence-electron chi connectivity index (χ4n) is 1.56. The monoisotopic (exact) mass is 304 g/mol. The van der Waals surface area contributed by atoms with E-state index in [1.54, 1.807) is 25.2 Å². The molecule has 2 rings (SSSR count). The Hall–Kier alpha value is -2.59. The van der Waals surface area contributed by atoms with Gasteiger partial charge >= 0.3 is 6.01 Å². The molecule has 21 heavy (non-hydrogen) atoms. The third-order valence-electron chi connectivity index (χ3n) is 2.46. The summed E-state index contributed by atoms with van der Waals surface area (Å²) in [6.45, 7) is 2.27. The van der Waals surface area contributed by atoms with Crippen molar-refractivity contribution in [1.29, 1.82) is 5.26 Å². The third kappa shape index (κ3) is 3.70. The number of nitrogens with zero attached hydrogens (tertiary/aromatic N) is 4. The molecule has 0 bridgehead atoms. The molecule has 8 heteroatoms. The SMILES string of the molecule is CCOc1nc(NC)nc(Nc2cc(Cl)ccc2C#N)n1. The summed E-state index contributed by atoms with van der Waals surface area (Å²) in [4.78, 5) is 12.3. The van der Waals surface area contributed by atoms with Crippen molar-refractivity contribution in [3.8, 4) is 12.1 Å². The summed E-state index contributed by atoms with van der Waals surface area (Å²) < 4.78 is 5.27. The van der Waals surface area contributed by atoms with Gasteiger partial charge in [-0.2, -0.15) is 20.2 Å². The fourth-order valence-corrected chi connectivity index (χ4v) is 1.73. The van der Waals surface area contributed by atoms with E-state index >= 15 is 0 Å². The van der Waals surface area contributed by atoms with Crippen LogP contribution >= 0.6 is 11.6 Å². The van der Waals surface area contributed by atoms with Crippen LogP contribution in [0.5, 0.6) is 6.01 Å². The average Bonchev–Trinajstić information content (AvgIpc) is 2.47. The highest BCUT2D eigenvalue weighted by Crippen LogP contribution is 2.23. The minimum atomic E-state index is 0.194. The van der Waals surface area contributed by atoms with Gasteiger partial charge in [-0.3, -0.25) is 0 Å². The molecule has 0 radical (unpaired) electrons. The lowest BCUT2D eigenvalue weighted by Crippen LogP contribution is -2.07. The number of nitrogens with one attached hydrogen (secondary N) is 2. The predicted molar refractivity (Wildman–Crippen MR) is 80.0 cm³/mol. The Balaban J connectivity index is 2.37. The molecule has 0 aliphatic carbocycles. The van der Waals surface area contributed by atoms with E-state index in [2.05, 4.69) is 31.7 Å². The van der Waals surface area contributed by atoms with Crippen LogP contribution in [0.1, 0.15) is 12.5 Å². The smallest absolute Gasteiger partial charge is 0.323 e. The van der Waals surface area contributed by atoms with Crippen LogP contribution in [0.4, 0.5) is 17.6 Å². The molecule has 0 unspecified atom stereocenters. The van der Waals surface area contributed by atoms with Crippen molar-refractivity contribution in [2.24, 2.45) is 0 Å². The molecule has 0 saturated carbocycles. The Morgan fingerprint density at radius 3 is 2.71 bits per heavy atom. The predicted octanol–water partition coefficient (Wildman–Crippen LogP) is 2.58. The second-order valence-corrected chi connectivity index (χ2v) is 4.31. The van der Waals surface area contributed by atoms with Crippen molar-refractivity contribution >= 4 is 29.2 Å². The first kappa shape index (κ1) is 14.8. The largest absolute Gasteiger partial charge is 0.464 e. The number of hydrogen-bond donors (Lipinski definition) is 2. The summed E-state index contributed by atoms with van der Waals surface area (Å²) >= 11 is 5.94. The first-order valence-corrected chi connectivity index (χ1v) is 6.57. The normalized spacial score (nSPS) is 9.81.